The number of hydrogen-bond donors (Lipinski definition) is 3. The highest BCUT2D eigenvalue weighted by Crippen LogP contribution is 2.39. The smallest absolute Gasteiger partial charge is 0.261 e. The van der Waals surface area contributed by atoms with Crippen molar-refractivity contribution in [2.24, 2.45) is 0 Å². The number of pyridine rings is 1. The number of morpholine rings is 1. The summed E-state index contributed by atoms with van der Waals surface area (Å²) in [5, 5.41) is 8.49. The summed E-state index contributed by atoms with van der Waals surface area (Å²) in [6, 6.07) is 4.45. The number of likely N-dealkylation sites (tertiary alicyclic amines) is 1. The van der Waals surface area contributed by atoms with Gasteiger partial charge in [0, 0.05) is 37.9 Å². The lowest BCUT2D eigenvalue weighted by Crippen LogP contribution is -2.44. The highest BCUT2D eigenvalue weighted by molar-refractivity contribution is 6.21. The zero-order valence-corrected chi connectivity index (χ0v) is 19.1. The van der Waals surface area contributed by atoms with Crippen molar-refractivity contribution >= 4 is 40.5 Å². The first-order valence-electron chi connectivity index (χ1n) is 11.6. The molecule has 2 aromatic rings. The topological polar surface area (TPSA) is 98.8 Å². The van der Waals surface area contributed by atoms with Gasteiger partial charge in [-0.15, -0.1) is 0 Å². The minimum atomic E-state index is -0.675. The molecule has 1 aromatic heterocycles. The predicted octanol–water partition coefficient (Wildman–Crippen LogP) is 3.09. The fraction of sp³-hybridized carbons (Fsp3) is 0.375. The van der Waals surface area contributed by atoms with Crippen molar-refractivity contribution in [2.75, 3.05) is 60.2 Å². The molecule has 5 rings (SSSR count). The fourth-order valence-corrected chi connectivity index (χ4v) is 4.60. The molecule has 4 heterocycles. The number of halogens is 2. The molecule has 0 spiro atoms. The molecule has 2 saturated heterocycles. The van der Waals surface area contributed by atoms with Crippen LogP contribution in [0.25, 0.3) is 0 Å². The van der Waals surface area contributed by atoms with Crippen LogP contribution < -0.4 is 20.9 Å². The second-order valence-corrected chi connectivity index (χ2v) is 8.69. The molecule has 0 saturated carbocycles. The lowest BCUT2D eigenvalue weighted by Gasteiger charge is -2.33. The Morgan fingerprint density at radius 3 is 2.74 bits per heavy atom. The molecule has 11 heteroatoms. The summed E-state index contributed by atoms with van der Waals surface area (Å²) in [5.41, 5.74) is 0.967. The first-order chi connectivity index (χ1) is 16.9. The molecule has 1 atom stereocenters. The van der Waals surface area contributed by atoms with Gasteiger partial charge in [-0.2, -0.15) is 0 Å². The molecule has 2 amide bonds. The molecule has 3 N–H and O–H groups in total. The van der Waals surface area contributed by atoms with Crippen LogP contribution in [0.2, 0.25) is 0 Å². The van der Waals surface area contributed by atoms with Crippen molar-refractivity contribution in [2.45, 2.75) is 18.9 Å². The van der Waals surface area contributed by atoms with E-state index in [0.29, 0.717) is 50.8 Å². The van der Waals surface area contributed by atoms with Gasteiger partial charge in [-0.25, -0.2) is 13.8 Å². The van der Waals surface area contributed by atoms with E-state index in [4.69, 9.17) is 4.74 Å². The van der Waals surface area contributed by atoms with E-state index in [1.807, 2.05) is 4.90 Å². The molecule has 184 valence electrons. The minimum Gasteiger partial charge on any atom is -0.378 e. The van der Waals surface area contributed by atoms with Gasteiger partial charge in [0.1, 0.15) is 17.2 Å². The number of rotatable bonds is 6. The molecule has 0 bridgehead atoms. The Morgan fingerprint density at radius 1 is 1.23 bits per heavy atom. The lowest BCUT2D eigenvalue weighted by molar-refractivity contribution is -0.127. The number of nitrogens with zero attached hydrogens (tertiary/aromatic N) is 3. The second-order valence-electron chi connectivity index (χ2n) is 8.69. The molecule has 3 aliphatic rings. The molecular weight excluding hydrogens is 458 g/mol. The van der Waals surface area contributed by atoms with Gasteiger partial charge < -0.3 is 30.5 Å². The van der Waals surface area contributed by atoms with E-state index in [2.05, 4.69) is 27.5 Å². The number of hydrogen-bond acceptors (Lipinski definition) is 7. The standard InChI is InChI=1S/C24H26F2N6O3/c1-2-18(33)32-7-3-4-15(13-32)28-23-20(26)21-19(24(34)29-21)22(30-23)27-14-5-6-17(16(25)12-14)31-8-10-35-11-9-31/h2,5-6,12,15H,1,3-4,7-11,13H2,(H,29,34)(H2,27,28,30). The zero-order chi connectivity index (χ0) is 24.5. The van der Waals surface area contributed by atoms with Crippen LogP contribution in [-0.4, -0.2) is 67.1 Å². The van der Waals surface area contributed by atoms with Gasteiger partial charge in [0.05, 0.1) is 24.6 Å². The maximum atomic E-state index is 15.1. The maximum Gasteiger partial charge on any atom is 0.261 e. The predicted molar refractivity (Wildman–Crippen MR) is 128 cm³/mol. The van der Waals surface area contributed by atoms with Crippen molar-refractivity contribution in [1.82, 2.24) is 9.88 Å². The molecule has 3 aliphatic heterocycles. The number of amides is 2. The molecular formula is C24H26F2N6O3. The number of aromatic nitrogens is 1. The van der Waals surface area contributed by atoms with E-state index in [-0.39, 0.29) is 34.8 Å². The van der Waals surface area contributed by atoms with Crippen LogP contribution in [-0.2, 0) is 9.53 Å². The van der Waals surface area contributed by atoms with Gasteiger partial charge in [0.15, 0.2) is 11.6 Å². The molecule has 0 aliphatic carbocycles. The van der Waals surface area contributed by atoms with Crippen LogP contribution in [0.3, 0.4) is 0 Å². The Bertz CT molecular complexity index is 1180. The number of benzene rings is 1. The summed E-state index contributed by atoms with van der Waals surface area (Å²) in [5.74, 6) is -1.66. The summed E-state index contributed by atoms with van der Waals surface area (Å²) in [6.45, 7) is 6.78. The Morgan fingerprint density at radius 2 is 2.03 bits per heavy atom. The van der Waals surface area contributed by atoms with Crippen LogP contribution in [0, 0.1) is 11.6 Å². The quantitative estimate of drug-likeness (QED) is 0.542. The third-order valence-corrected chi connectivity index (χ3v) is 6.41. The minimum absolute atomic E-state index is 0.0373. The summed E-state index contributed by atoms with van der Waals surface area (Å²) in [6.07, 6.45) is 2.73. The number of carbonyl (C=O) groups excluding carboxylic acids is 2. The van der Waals surface area contributed by atoms with Gasteiger partial charge in [0.25, 0.3) is 5.91 Å². The van der Waals surface area contributed by atoms with Crippen molar-refractivity contribution in [3.63, 3.8) is 0 Å². The number of anilines is 5. The number of fused-ring (bicyclic) bond motifs is 1. The molecule has 35 heavy (non-hydrogen) atoms. The van der Waals surface area contributed by atoms with Crippen molar-refractivity contribution < 1.29 is 23.1 Å². The monoisotopic (exact) mass is 484 g/mol. The Hall–Kier alpha value is -3.73. The SMILES string of the molecule is C=CC(=O)N1CCCC(Nc2nc(Nc3ccc(N4CCOCC4)c(F)c3)c3c(c2F)NC3=O)C1. The maximum absolute atomic E-state index is 15.1. The largest absolute Gasteiger partial charge is 0.378 e. The third kappa shape index (κ3) is 4.51. The van der Waals surface area contributed by atoms with E-state index >= 15 is 4.39 Å². The summed E-state index contributed by atoms with van der Waals surface area (Å²) < 4.78 is 35.2. The Balaban J connectivity index is 1.38. The Labute approximate surface area is 201 Å². The lowest BCUT2D eigenvalue weighted by atomic mass is 10.0. The molecule has 1 aromatic carbocycles. The second kappa shape index (κ2) is 9.49. The number of ether oxygens (including phenoxy) is 1. The van der Waals surface area contributed by atoms with Crippen LogP contribution in [0.5, 0.6) is 0 Å². The Kier molecular flexibility index (Phi) is 6.25. The molecule has 9 nitrogen and oxygen atoms in total. The van der Waals surface area contributed by atoms with Crippen LogP contribution >= 0.6 is 0 Å². The first-order valence-corrected chi connectivity index (χ1v) is 11.6. The van der Waals surface area contributed by atoms with Crippen molar-refractivity contribution in [1.29, 1.82) is 0 Å². The average molecular weight is 485 g/mol. The van der Waals surface area contributed by atoms with Crippen LogP contribution in [0.4, 0.5) is 37.5 Å². The zero-order valence-electron chi connectivity index (χ0n) is 19.1. The van der Waals surface area contributed by atoms with E-state index in [1.165, 1.54) is 12.1 Å². The van der Waals surface area contributed by atoms with Crippen molar-refractivity contribution in [3.05, 3.63) is 48.1 Å². The van der Waals surface area contributed by atoms with Crippen LogP contribution in [0.15, 0.2) is 30.9 Å². The molecule has 2 fully saturated rings. The third-order valence-electron chi connectivity index (χ3n) is 6.41. The summed E-state index contributed by atoms with van der Waals surface area (Å²) >= 11 is 0. The van der Waals surface area contributed by atoms with E-state index in [9.17, 15) is 14.0 Å². The van der Waals surface area contributed by atoms with E-state index < -0.39 is 17.5 Å². The summed E-state index contributed by atoms with van der Waals surface area (Å²) in [7, 11) is 0. The van der Waals surface area contributed by atoms with Gasteiger partial charge >= 0.3 is 0 Å². The normalized spacial score (nSPS) is 19.4. The molecule has 1 unspecified atom stereocenters. The highest BCUT2D eigenvalue weighted by Gasteiger charge is 2.34. The number of nitrogens with one attached hydrogen (secondary N) is 3. The number of carbonyl (C=O) groups is 2. The molecule has 0 radical (unpaired) electrons. The van der Waals surface area contributed by atoms with Crippen molar-refractivity contribution in [3.8, 4) is 0 Å². The van der Waals surface area contributed by atoms with E-state index in [0.717, 1.165) is 12.8 Å². The van der Waals surface area contributed by atoms with Gasteiger partial charge in [0.2, 0.25) is 5.91 Å². The van der Waals surface area contributed by atoms with E-state index in [1.54, 1.807) is 17.0 Å². The number of piperidine rings is 1. The van der Waals surface area contributed by atoms with Crippen LogP contribution in [0.1, 0.15) is 23.2 Å². The summed E-state index contributed by atoms with van der Waals surface area (Å²) in [4.78, 5) is 32.0. The van der Waals surface area contributed by atoms with Gasteiger partial charge in [-0.05, 0) is 37.1 Å². The first kappa shape index (κ1) is 23.0. The van der Waals surface area contributed by atoms with Gasteiger partial charge in [-0.1, -0.05) is 6.58 Å². The average Bonchev–Trinajstić information content (AvgIpc) is 2.86. The van der Waals surface area contributed by atoms with Gasteiger partial charge in [-0.3, -0.25) is 9.59 Å². The fourth-order valence-electron chi connectivity index (χ4n) is 4.60. The highest BCUT2D eigenvalue weighted by atomic mass is 19.1.